The highest BCUT2D eigenvalue weighted by Gasteiger charge is 2.30. The van der Waals surface area contributed by atoms with Crippen LogP contribution in [0.4, 0.5) is 10.1 Å². The van der Waals surface area contributed by atoms with Crippen LogP contribution >= 0.6 is 0 Å². The van der Waals surface area contributed by atoms with Crippen molar-refractivity contribution >= 4 is 28.3 Å². The summed E-state index contributed by atoms with van der Waals surface area (Å²) >= 11 is 0. The first-order valence-electron chi connectivity index (χ1n) is 12.8. The fraction of sp³-hybridized carbons (Fsp3) is 0.267. The number of halogens is 1. The number of carbonyl (C=O) groups is 1. The van der Waals surface area contributed by atoms with Crippen LogP contribution in [0.5, 0.6) is 5.75 Å². The first-order valence-corrected chi connectivity index (χ1v) is 12.8. The van der Waals surface area contributed by atoms with E-state index in [4.69, 9.17) is 4.74 Å². The number of carboxylic acids is 1. The maximum absolute atomic E-state index is 14.3. The molecule has 38 heavy (non-hydrogen) atoms. The van der Waals surface area contributed by atoms with Crippen LogP contribution in [0, 0.1) is 5.82 Å². The Morgan fingerprint density at radius 1 is 1.08 bits per heavy atom. The summed E-state index contributed by atoms with van der Waals surface area (Å²) in [5, 5.41) is 10.9. The van der Waals surface area contributed by atoms with Gasteiger partial charge in [-0.25, -0.2) is 9.18 Å². The van der Waals surface area contributed by atoms with Gasteiger partial charge < -0.3 is 19.7 Å². The Kier molecular flexibility index (Phi) is 6.33. The van der Waals surface area contributed by atoms with Crippen molar-refractivity contribution in [2.24, 2.45) is 4.99 Å². The predicted octanol–water partition coefficient (Wildman–Crippen LogP) is 4.48. The van der Waals surface area contributed by atoms with Gasteiger partial charge in [0, 0.05) is 61.2 Å². The van der Waals surface area contributed by atoms with E-state index in [1.807, 2.05) is 48.5 Å². The third kappa shape index (κ3) is 4.41. The van der Waals surface area contributed by atoms with Crippen molar-refractivity contribution in [2.75, 3.05) is 38.2 Å². The molecule has 1 fully saturated rings. The number of piperazine rings is 1. The number of rotatable bonds is 6. The number of aliphatic carboxylic acids is 1. The molecule has 0 bridgehead atoms. The molecule has 2 N–H and O–H groups in total. The van der Waals surface area contributed by atoms with Crippen molar-refractivity contribution in [3.8, 4) is 5.75 Å². The van der Waals surface area contributed by atoms with E-state index in [9.17, 15) is 14.3 Å². The molecule has 2 aliphatic heterocycles. The lowest BCUT2D eigenvalue weighted by Crippen LogP contribution is -2.46. The highest BCUT2D eigenvalue weighted by atomic mass is 19.1. The minimum absolute atomic E-state index is 0.195. The van der Waals surface area contributed by atoms with Crippen molar-refractivity contribution < 1.29 is 19.0 Å². The van der Waals surface area contributed by atoms with E-state index in [1.54, 1.807) is 13.2 Å². The Balaban J connectivity index is 1.29. The van der Waals surface area contributed by atoms with Gasteiger partial charge in [-0.1, -0.05) is 30.3 Å². The third-order valence-corrected chi connectivity index (χ3v) is 7.53. The molecule has 3 aromatic carbocycles. The second kappa shape index (κ2) is 9.95. The maximum Gasteiger partial charge on any atom is 0.328 e. The van der Waals surface area contributed by atoms with Gasteiger partial charge in [0.15, 0.2) is 6.04 Å². The van der Waals surface area contributed by atoms with Gasteiger partial charge in [0.25, 0.3) is 0 Å². The van der Waals surface area contributed by atoms with Crippen LogP contribution in [0.2, 0.25) is 0 Å². The Morgan fingerprint density at radius 3 is 2.61 bits per heavy atom. The third-order valence-electron chi connectivity index (χ3n) is 7.53. The van der Waals surface area contributed by atoms with Crippen LogP contribution in [0.3, 0.4) is 0 Å². The van der Waals surface area contributed by atoms with Gasteiger partial charge in [0.05, 0.1) is 24.2 Å². The first-order chi connectivity index (χ1) is 18.5. The van der Waals surface area contributed by atoms with E-state index in [0.717, 1.165) is 65.2 Å². The minimum atomic E-state index is -0.931. The van der Waals surface area contributed by atoms with Gasteiger partial charge in [0.2, 0.25) is 0 Å². The second-order valence-electron chi connectivity index (χ2n) is 9.80. The number of H-pyrrole nitrogens is 1. The zero-order valence-corrected chi connectivity index (χ0v) is 21.2. The molecule has 0 saturated carbocycles. The number of nitrogens with one attached hydrogen (secondary N) is 1. The summed E-state index contributed by atoms with van der Waals surface area (Å²) in [7, 11) is 1.66. The van der Waals surface area contributed by atoms with Crippen molar-refractivity contribution in [1.82, 2.24) is 9.88 Å². The normalized spacial score (nSPS) is 17.8. The number of carboxylic acid groups (broad SMARTS) is 1. The zero-order chi connectivity index (χ0) is 26.2. The molecule has 6 rings (SSSR count). The summed E-state index contributed by atoms with van der Waals surface area (Å²) in [5.74, 6) is -0.354. The summed E-state index contributed by atoms with van der Waals surface area (Å²) < 4.78 is 20.0. The van der Waals surface area contributed by atoms with E-state index in [0.29, 0.717) is 24.4 Å². The number of ether oxygens (including phenoxy) is 1. The molecule has 0 aliphatic carbocycles. The highest BCUT2D eigenvalue weighted by Crippen LogP contribution is 2.32. The number of para-hydroxylation sites is 2. The number of hydrogen-bond acceptors (Lipinski definition) is 5. The second-order valence-corrected chi connectivity index (χ2v) is 9.80. The topological polar surface area (TPSA) is 81.2 Å². The molecule has 194 valence electrons. The number of methoxy groups -OCH3 is 1. The lowest BCUT2D eigenvalue weighted by molar-refractivity contribution is -0.138. The zero-order valence-electron chi connectivity index (χ0n) is 21.2. The number of aliphatic imine (C=N–C) groups is 1. The average molecular weight is 513 g/mol. The first kappa shape index (κ1) is 24.2. The molecule has 0 spiro atoms. The molecule has 0 amide bonds. The smallest absolute Gasteiger partial charge is 0.328 e. The lowest BCUT2D eigenvalue weighted by Gasteiger charge is -2.36. The van der Waals surface area contributed by atoms with Crippen LogP contribution in [-0.2, 0) is 17.8 Å². The van der Waals surface area contributed by atoms with Crippen LogP contribution in [0.15, 0.2) is 71.7 Å². The van der Waals surface area contributed by atoms with Crippen molar-refractivity contribution in [1.29, 1.82) is 0 Å². The predicted molar refractivity (Wildman–Crippen MR) is 146 cm³/mol. The summed E-state index contributed by atoms with van der Waals surface area (Å²) in [4.78, 5) is 24.6. The van der Waals surface area contributed by atoms with Gasteiger partial charge >= 0.3 is 5.97 Å². The monoisotopic (exact) mass is 512 g/mol. The van der Waals surface area contributed by atoms with E-state index in [1.165, 1.54) is 6.07 Å². The molecule has 3 heterocycles. The fourth-order valence-electron chi connectivity index (χ4n) is 5.58. The highest BCUT2D eigenvalue weighted by molar-refractivity contribution is 6.16. The van der Waals surface area contributed by atoms with Gasteiger partial charge in [-0.2, -0.15) is 0 Å². The molecular weight excluding hydrogens is 483 g/mol. The van der Waals surface area contributed by atoms with Gasteiger partial charge in [0.1, 0.15) is 11.6 Å². The number of hydrogen-bond donors (Lipinski definition) is 2. The van der Waals surface area contributed by atoms with Crippen LogP contribution in [-0.4, -0.2) is 66.0 Å². The summed E-state index contributed by atoms with van der Waals surface area (Å²) in [6.45, 7) is 3.70. The minimum Gasteiger partial charge on any atom is -0.496 e. The Hall–Kier alpha value is -4.17. The van der Waals surface area contributed by atoms with Crippen molar-refractivity contribution in [3.63, 3.8) is 0 Å². The van der Waals surface area contributed by atoms with Gasteiger partial charge in [-0.15, -0.1) is 0 Å². The van der Waals surface area contributed by atoms with Crippen LogP contribution in [0.1, 0.15) is 22.4 Å². The SMILES string of the molecule is COc1ccc(C2=N[C@@H](C(=O)O)Cc3c2[nH]c2ccccc32)cc1CN1CCN(c2ccccc2F)CC1. The van der Waals surface area contributed by atoms with Crippen LogP contribution in [0.25, 0.3) is 10.9 Å². The van der Waals surface area contributed by atoms with Gasteiger partial charge in [-0.05, 0) is 42.0 Å². The maximum atomic E-state index is 14.3. The number of nitrogens with zero attached hydrogens (tertiary/aromatic N) is 3. The Labute approximate surface area is 220 Å². The molecular formula is C30H29FN4O3. The van der Waals surface area contributed by atoms with Crippen LogP contribution < -0.4 is 9.64 Å². The van der Waals surface area contributed by atoms with E-state index >= 15 is 0 Å². The van der Waals surface area contributed by atoms with Crippen molar-refractivity contribution in [2.45, 2.75) is 19.0 Å². The summed E-state index contributed by atoms with van der Waals surface area (Å²) in [6.07, 6.45) is 0.355. The Morgan fingerprint density at radius 2 is 1.84 bits per heavy atom. The molecule has 1 saturated heterocycles. The molecule has 4 aromatic rings. The van der Waals surface area contributed by atoms with E-state index in [-0.39, 0.29) is 5.82 Å². The standard InChI is InChI=1S/C30H29FN4O3/c1-38-27-11-10-19(16-20(27)18-34-12-14-35(15-13-34)26-9-5-3-7-23(26)31)28-29-22(17-25(33-28)30(36)37)21-6-2-4-8-24(21)32-29/h2-11,16,25,32H,12-15,17-18H2,1H3,(H,36,37)/t25-/m1/s1. The molecule has 1 aromatic heterocycles. The summed E-state index contributed by atoms with van der Waals surface area (Å²) in [5.41, 5.74) is 5.98. The average Bonchev–Trinajstić information content (AvgIpc) is 3.32. The Bertz CT molecular complexity index is 1540. The largest absolute Gasteiger partial charge is 0.496 e. The lowest BCUT2D eigenvalue weighted by atomic mass is 9.93. The number of benzene rings is 3. The van der Waals surface area contributed by atoms with E-state index in [2.05, 4.69) is 25.8 Å². The molecule has 0 radical (unpaired) electrons. The molecule has 7 nitrogen and oxygen atoms in total. The number of fused-ring (bicyclic) bond motifs is 3. The molecule has 8 heteroatoms. The van der Waals surface area contributed by atoms with Gasteiger partial charge in [-0.3, -0.25) is 9.89 Å². The molecule has 1 atom stereocenters. The fourth-order valence-corrected chi connectivity index (χ4v) is 5.58. The number of aromatic nitrogens is 1. The molecule has 0 unspecified atom stereocenters. The number of anilines is 1. The summed E-state index contributed by atoms with van der Waals surface area (Å²) in [6, 6.07) is 19.9. The molecule has 2 aliphatic rings. The quantitative estimate of drug-likeness (QED) is 0.398. The number of aromatic amines is 1. The van der Waals surface area contributed by atoms with Crippen molar-refractivity contribution in [3.05, 3.63) is 94.9 Å². The van der Waals surface area contributed by atoms with E-state index < -0.39 is 12.0 Å².